The van der Waals surface area contributed by atoms with Crippen LogP contribution in [0.15, 0.2) is 77.9 Å². The Hall–Kier alpha value is -4.57. The standard InChI is InChI=1S/C24H17N3O6S/c28-23(22-12-18-11-19(27(31)32)7-10-21(18)34-22)26-25-13-15-3-8-20(9-4-15)33-14-16-1-5-17(6-2-16)24(29)30/h1-13H,14H2,(H,26,28)(H,29,30)/b25-13-. The summed E-state index contributed by atoms with van der Waals surface area (Å²) in [5.74, 6) is -0.757. The summed E-state index contributed by atoms with van der Waals surface area (Å²) in [7, 11) is 0. The maximum absolute atomic E-state index is 12.4. The number of carboxylic acids is 1. The molecule has 0 aliphatic heterocycles. The van der Waals surface area contributed by atoms with Crippen LogP contribution in [0.25, 0.3) is 10.1 Å². The van der Waals surface area contributed by atoms with Crippen LogP contribution in [-0.4, -0.2) is 28.1 Å². The zero-order chi connectivity index (χ0) is 24.1. The summed E-state index contributed by atoms with van der Waals surface area (Å²) >= 11 is 1.23. The molecule has 0 unspecified atom stereocenters. The van der Waals surface area contributed by atoms with E-state index in [2.05, 4.69) is 10.5 Å². The minimum Gasteiger partial charge on any atom is -0.489 e. The number of hydrazone groups is 1. The van der Waals surface area contributed by atoms with Crippen LogP contribution >= 0.6 is 11.3 Å². The second-order valence-corrected chi connectivity index (χ2v) is 8.23. The van der Waals surface area contributed by atoms with Crippen molar-refractivity contribution in [1.29, 1.82) is 0 Å². The molecule has 0 bridgehead atoms. The van der Waals surface area contributed by atoms with Gasteiger partial charge >= 0.3 is 5.97 Å². The molecule has 34 heavy (non-hydrogen) atoms. The number of nitrogens with one attached hydrogen (secondary N) is 1. The van der Waals surface area contributed by atoms with Gasteiger partial charge < -0.3 is 9.84 Å². The normalized spacial score (nSPS) is 10.9. The number of nitro benzene ring substituents is 1. The molecule has 1 amide bonds. The van der Waals surface area contributed by atoms with Crippen molar-refractivity contribution in [2.45, 2.75) is 6.61 Å². The molecular weight excluding hydrogens is 458 g/mol. The highest BCUT2D eigenvalue weighted by Gasteiger charge is 2.13. The van der Waals surface area contributed by atoms with Crippen molar-refractivity contribution in [3.63, 3.8) is 0 Å². The van der Waals surface area contributed by atoms with Gasteiger partial charge in [0.05, 0.1) is 21.6 Å². The minimum atomic E-state index is -0.976. The van der Waals surface area contributed by atoms with E-state index in [-0.39, 0.29) is 11.3 Å². The topological polar surface area (TPSA) is 131 Å². The van der Waals surface area contributed by atoms with E-state index in [1.807, 2.05) is 0 Å². The fraction of sp³-hybridized carbons (Fsp3) is 0.0417. The SMILES string of the molecule is O=C(O)c1ccc(COc2ccc(/C=N\NC(=O)c3cc4cc([N+](=O)[O-])ccc4s3)cc2)cc1. The van der Waals surface area contributed by atoms with Gasteiger partial charge in [0.1, 0.15) is 12.4 Å². The Morgan fingerprint density at radius 2 is 1.79 bits per heavy atom. The fourth-order valence-corrected chi connectivity index (χ4v) is 3.97. The Morgan fingerprint density at radius 1 is 1.06 bits per heavy atom. The average molecular weight is 475 g/mol. The quantitative estimate of drug-likeness (QED) is 0.213. The molecule has 1 aromatic heterocycles. The molecule has 10 heteroatoms. The Kier molecular flexibility index (Phi) is 6.60. The fourth-order valence-electron chi connectivity index (χ4n) is 3.04. The molecule has 170 valence electrons. The van der Waals surface area contributed by atoms with Crippen LogP contribution < -0.4 is 10.2 Å². The number of carboxylic acid groups (broad SMARTS) is 1. The first-order chi connectivity index (χ1) is 16.4. The first-order valence-electron chi connectivity index (χ1n) is 9.95. The molecule has 0 spiro atoms. The second-order valence-electron chi connectivity index (χ2n) is 7.15. The van der Waals surface area contributed by atoms with Gasteiger partial charge in [-0.25, -0.2) is 10.2 Å². The van der Waals surface area contributed by atoms with Crippen LogP contribution in [-0.2, 0) is 6.61 Å². The molecule has 0 saturated heterocycles. The van der Waals surface area contributed by atoms with E-state index in [1.165, 1.54) is 41.8 Å². The van der Waals surface area contributed by atoms with Crippen LogP contribution in [0, 0.1) is 10.1 Å². The minimum absolute atomic E-state index is 0.0289. The predicted molar refractivity (Wildman–Crippen MR) is 128 cm³/mol. The number of hydrogen-bond donors (Lipinski definition) is 2. The summed E-state index contributed by atoms with van der Waals surface area (Å²) in [5, 5.41) is 24.4. The van der Waals surface area contributed by atoms with Gasteiger partial charge in [0, 0.05) is 22.2 Å². The smallest absolute Gasteiger partial charge is 0.335 e. The number of carbonyl (C=O) groups is 2. The molecule has 3 aromatic carbocycles. The van der Waals surface area contributed by atoms with Gasteiger partial charge in [-0.3, -0.25) is 14.9 Å². The molecule has 0 radical (unpaired) electrons. The molecule has 4 aromatic rings. The number of benzene rings is 3. The molecule has 0 aliphatic rings. The number of hydrogen-bond acceptors (Lipinski definition) is 7. The van der Waals surface area contributed by atoms with Gasteiger partial charge in [-0.1, -0.05) is 12.1 Å². The van der Waals surface area contributed by atoms with Crippen LogP contribution in [0.3, 0.4) is 0 Å². The van der Waals surface area contributed by atoms with E-state index in [0.717, 1.165) is 15.8 Å². The molecule has 4 rings (SSSR count). The van der Waals surface area contributed by atoms with Crippen molar-refractivity contribution >= 4 is 45.2 Å². The molecule has 2 N–H and O–H groups in total. The summed E-state index contributed by atoms with van der Waals surface area (Å²) < 4.78 is 6.47. The third kappa shape index (κ3) is 5.43. The lowest BCUT2D eigenvalue weighted by atomic mass is 10.1. The zero-order valence-corrected chi connectivity index (χ0v) is 18.3. The van der Waals surface area contributed by atoms with Gasteiger partial charge in [-0.05, 0) is 59.7 Å². The monoisotopic (exact) mass is 475 g/mol. The summed E-state index contributed by atoms with van der Waals surface area (Å²) in [6.45, 7) is 0.293. The molecule has 1 heterocycles. The highest BCUT2D eigenvalue weighted by atomic mass is 32.1. The Labute approximate surface area is 197 Å². The van der Waals surface area contributed by atoms with E-state index < -0.39 is 16.8 Å². The molecule has 0 atom stereocenters. The number of aromatic carboxylic acids is 1. The van der Waals surface area contributed by atoms with E-state index in [9.17, 15) is 19.7 Å². The first kappa shape index (κ1) is 22.6. The number of non-ortho nitro benzene ring substituents is 1. The number of carbonyl (C=O) groups excluding carboxylic acids is 1. The van der Waals surface area contributed by atoms with Gasteiger partial charge in [0.2, 0.25) is 0 Å². The first-order valence-corrected chi connectivity index (χ1v) is 10.8. The second kappa shape index (κ2) is 9.92. The lowest BCUT2D eigenvalue weighted by Crippen LogP contribution is -2.16. The van der Waals surface area contributed by atoms with Gasteiger partial charge in [0.15, 0.2) is 0 Å². The molecule has 0 fully saturated rings. The van der Waals surface area contributed by atoms with Gasteiger partial charge in [-0.2, -0.15) is 5.10 Å². The van der Waals surface area contributed by atoms with E-state index in [1.54, 1.807) is 48.5 Å². The lowest BCUT2D eigenvalue weighted by molar-refractivity contribution is -0.384. The highest BCUT2D eigenvalue weighted by molar-refractivity contribution is 7.20. The third-order valence-electron chi connectivity index (χ3n) is 4.80. The summed E-state index contributed by atoms with van der Waals surface area (Å²) in [6.07, 6.45) is 1.49. The number of nitrogens with zero attached hydrogens (tertiary/aromatic N) is 2. The van der Waals surface area contributed by atoms with E-state index >= 15 is 0 Å². The molecule has 9 nitrogen and oxygen atoms in total. The number of fused-ring (bicyclic) bond motifs is 1. The maximum atomic E-state index is 12.4. The highest BCUT2D eigenvalue weighted by Crippen LogP contribution is 2.28. The Morgan fingerprint density at radius 3 is 2.47 bits per heavy atom. The third-order valence-corrected chi connectivity index (χ3v) is 5.92. The van der Waals surface area contributed by atoms with E-state index in [4.69, 9.17) is 9.84 Å². The van der Waals surface area contributed by atoms with Crippen molar-refractivity contribution in [1.82, 2.24) is 5.43 Å². The lowest BCUT2D eigenvalue weighted by Gasteiger charge is -2.07. The van der Waals surface area contributed by atoms with Crippen LogP contribution in [0.1, 0.15) is 31.2 Å². The van der Waals surface area contributed by atoms with Gasteiger partial charge in [0.25, 0.3) is 11.6 Å². The number of amides is 1. The Bertz CT molecular complexity index is 1390. The maximum Gasteiger partial charge on any atom is 0.335 e. The molecule has 0 saturated carbocycles. The molecule has 0 aliphatic carbocycles. The number of nitro groups is 1. The zero-order valence-electron chi connectivity index (χ0n) is 17.5. The van der Waals surface area contributed by atoms with Crippen LogP contribution in [0.5, 0.6) is 5.75 Å². The van der Waals surface area contributed by atoms with Crippen LogP contribution in [0.4, 0.5) is 5.69 Å². The Balaban J connectivity index is 1.31. The summed E-state index contributed by atoms with van der Waals surface area (Å²) in [4.78, 5) is 34.1. The van der Waals surface area contributed by atoms with Crippen molar-refractivity contribution in [3.8, 4) is 5.75 Å². The van der Waals surface area contributed by atoms with E-state index in [0.29, 0.717) is 22.6 Å². The van der Waals surface area contributed by atoms with Crippen molar-refractivity contribution in [2.75, 3.05) is 0 Å². The average Bonchev–Trinajstić information content (AvgIpc) is 3.27. The van der Waals surface area contributed by atoms with Gasteiger partial charge in [-0.15, -0.1) is 11.3 Å². The molecular formula is C24H17N3O6S. The van der Waals surface area contributed by atoms with Crippen LogP contribution in [0.2, 0.25) is 0 Å². The van der Waals surface area contributed by atoms with Crippen molar-refractivity contribution in [3.05, 3.63) is 104 Å². The number of rotatable bonds is 8. The summed E-state index contributed by atoms with van der Waals surface area (Å²) in [6, 6.07) is 19.6. The summed E-state index contributed by atoms with van der Waals surface area (Å²) in [5.41, 5.74) is 4.23. The van der Waals surface area contributed by atoms with Crippen molar-refractivity contribution in [2.24, 2.45) is 5.10 Å². The number of thiophene rings is 1. The predicted octanol–water partition coefficient (Wildman–Crippen LogP) is 4.85. The number of ether oxygens (including phenoxy) is 1. The van der Waals surface area contributed by atoms with Crippen molar-refractivity contribution < 1.29 is 24.4 Å². The largest absolute Gasteiger partial charge is 0.489 e.